The summed E-state index contributed by atoms with van der Waals surface area (Å²) in [6, 6.07) is 0.427. The van der Waals surface area contributed by atoms with Crippen molar-refractivity contribution in [2.24, 2.45) is 0 Å². The van der Waals surface area contributed by atoms with Gasteiger partial charge in [0, 0.05) is 19.2 Å². The van der Waals surface area contributed by atoms with Crippen LogP contribution in [0.4, 0.5) is 0 Å². The summed E-state index contributed by atoms with van der Waals surface area (Å²) in [5.41, 5.74) is 0. The number of rotatable bonds is 5. The molecule has 0 saturated carbocycles. The molecule has 4 heteroatoms. The van der Waals surface area contributed by atoms with Gasteiger partial charge in [-0.3, -0.25) is 4.90 Å². The van der Waals surface area contributed by atoms with E-state index in [4.69, 9.17) is 14.9 Å². The van der Waals surface area contributed by atoms with Gasteiger partial charge in [0.1, 0.15) is 0 Å². The van der Waals surface area contributed by atoms with E-state index in [1.54, 1.807) is 0 Å². The van der Waals surface area contributed by atoms with E-state index in [2.05, 4.69) is 11.8 Å². The molecular weight excluding hydrogens is 182 g/mol. The number of aliphatic hydroxyl groups is 2. The van der Waals surface area contributed by atoms with Crippen molar-refractivity contribution < 1.29 is 14.9 Å². The zero-order valence-corrected chi connectivity index (χ0v) is 8.85. The Bertz CT molecular complexity index is 154. The maximum Gasteiger partial charge on any atom is 0.0933 e. The van der Waals surface area contributed by atoms with Gasteiger partial charge >= 0.3 is 0 Å². The fraction of sp³-hybridized carbons (Fsp3) is 1.00. The molecule has 1 saturated heterocycles. The Hall–Kier alpha value is -0.160. The molecule has 1 fully saturated rings. The van der Waals surface area contributed by atoms with Crippen molar-refractivity contribution in [2.75, 3.05) is 32.9 Å². The van der Waals surface area contributed by atoms with Crippen LogP contribution in [-0.4, -0.2) is 60.2 Å². The average molecular weight is 203 g/mol. The summed E-state index contributed by atoms with van der Waals surface area (Å²) in [5.74, 6) is 0. The summed E-state index contributed by atoms with van der Waals surface area (Å²) in [4.78, 5) is 2.32. The number of unbranched alkanes of at least 4 members (excludes halogenated alkanes) is 1. The topological polar surface area (TPSA) is 52.9 Å². The summed E-state index contributed by atoms with van der Waals surface area (Å²) in [6.07, 6.45) is 1.84. The van der Waals surface area contributed by atoms with Crippen molar-refractivity contribution in [2.45, 2.75) is 31.9 Å². The number of aliphatic hydroxyl groups excluding tert-OH is 2. The van der Waals surface area contributed by atoms with Crippen LogP contribution in [-0.2, 0) is 4.74 Å². The van der Waals surface area contributed by atoms with E-state index in [-0.39, 0.29) is 19.3 Å². The molecule has 1 rings (SSSR count). The molecule has 14 heavy (non-hydrogen) atoms. The minimum absolute atomic E-state index is 0.0275. The molecule has 1 aliphatic heterocycles. The molecule has 1 aliphatic rings. The fourth-order valence-corrected chi connectivity index (χ4v) is 1.72. The number of hydrogen-bond donors (Lipinski definition) is 2. The van der Waals surface area contributed by atoms with Gasteiger partial charge in [0.25, 0.3) is 0 Å². The van der Waals surface area contributed by atoms with Crippen molar-refractivity contribution in [3.63, 3.8) is 0 Å². The normalized spacial score (nSPS) is 29.4. The fourth-order valence-electron chi connectivity index (χ4n) is 1.72. The Kier molecular flexibility index (Phi) is 5.40. The van der Waals surface area contributed by atoms with Gasteiger partial charge in [-0.1, -0.05) is 0 Å². The first kappa shape index (κ1) is 11.9. The lowest BCUT2D eigenvalue weighted by atomic mass is 10.2. The minimum atomic E-state index is -0.0275. The highest BCUT2D eigenvalue weighted by molar-refractivity contribution is 4.76. The van der Waals surface area contributed by atoms with E-state index in [0.717, 1.165) is 25.9 Å². The molecule has 0 aromatic rings. The number of morpholine rings is 1. The smallest absolute Gasteiger partial charge is 0.0933 e. The first-order valence-corrected chi connectivity index (χ1v) is 5.35. The summed E-state index contributed by atoms with van der Waals surface area (Å²) in [5, 5.41) is 17.7. The molecule has 2 N–H and O–H groups in total. The predicted octanol–water partition coefficient (Wildman–Crippen LogP) is -0.160. The van der Waals surface area contributed by atoms with Gasteiger partial charge in [0.15, 0.2) is 0 Å². The van der Waals surface area contributed by atoms with Gasteiger partial charge in [-0.2, -0.15) is 0 Å². The van der Waals surface area contributed by atoms with E-state index in [9.17, 15) is 0 Å². The second-order valence-electron chi connectivity index (χ2n) is 3.91. The van der Waals surface area contributed by atoms with E-state index in [0.29, 0.717) is 12.6 Å². The molecule has 0 spiro atoms. The van der Waals surface area contributed by atoms with Gasteiger partial charge in [0.05, 0.1) is 19.3 Å². The van der Waals surface area contributed by atoms with Crippen LogP contribution in [0.2, 0.25) is 0 Å². The minimum Gasteiger partial charge on any atom is -0.396 e. The maximum atomic E-state index is 8.97. The standard InChI is InChI=1S/C10H21NO3/c1-9-8-14-10(7-13)6-11(9)4-2-3-5-12/h9-10,12-13H,2-8H2,1H3. The zero-order valence-electron chi connectivity index (χ0n) is 8.85. The third-order valence-corrected chi connectivity index (χ3v) is 2.69. The van der Waals surface area contributed by atoms with Crippen LogP contribution >= 0.6 is 0 Å². The van der Waals surface area contributed by atoms with Crippen molar-refractivity contribution in [1.82, 2.24) is 4.90 Å². The summed E-state index contributed by atoms with van der Waals surface area (Å²) >= 11 is 0. The highest BCUT2D eigenvalue weighted by Crippen LogP contribution is 2.12. The van der Waals surface area contributed by atoms with Gasteiger partial charge < -0.3 is 14.9 Å². The summed E-state index contributed by atoms with van der Waals surface area (Å²) < 4.78 is 5.43. The van der Waals surface area contributed by atoms with E-state index >= 15 is 0 Å². The quantitative estimate of drug-likeness (QED) is 0.610. The second kappa shape index (κ2) is 6.35. The predicted molar refractivity (Wildman–Crippen MR) is 54.2 cm³/mol. The van der Waals surface area contributed by atoms with Crippen molar-refractivity contribution in [1.29, 1.82) is 0 Å². The van der Waals surface area contributed by atoms with Crippen LogP contribution in [0, 0.1) is 0 Å². The van der Waals surface area contributed by atoms with Crippen LogP contribution in [0.25, 0.3) is 0 Å². The largest absolute Gasteiger partial charge is 0.396 e. The monoisotopic (exact) mass is 203 g/mol. The average Bonchev–Trinajstić information content (AvgIpc) is 2.21. The third kappa shape index (κ3) is 3.53. The molecule has 0 aliphatic carbocycles. The third-order valence-electron chi connectivity index (χ3n) is 2.69. The van der Waals surface area contributed by atoms with Crippen LogP contribution in [0.15, 0.2) is 0 Å². The Morgan fingerprint density at radius 2 is 2.14 bits per heavy atom. The number of ether oxygens (including phenoxy) is 1. The van der Waals surface area contributed by atoms with Crippen LogP contribution in [0.3, 0.4) is 0 Å². The molecule has 84 valence electrons. The Morgan fingerprint density at radius 3 is 2.79 bits per heavy atom. The van der Waals surface area contributed by atoms with Crippen LogP contribution in [0.5, 0.6) is 0 Å². The van der Waals surface area contributed by atoms with Gasteiger partial charge in [0.2, 0.25) is 0 Å². The lowest BCUT2D eigenvalue weighted by Gasteiger charge is -2.37. The maximum absolute atomic E-state index is 8.97. The Morgan fingerprint density at radius 1 is 1.36 bits per heavy atom. The van der Waals surface area contributed by atoms with Gasteiger partial charge in [-0.15, -0.1) is 0 Å². The summed E-state index contributed by atoms with van der Waals surface area (Å²) in [7, 11) is 0. The molecule has 0 radical (unpaired) electrons. The molecule has 0 amide bonds. The highest BCUT2D eigenvalue weighted by atomic mass is 16.5. The van der Waals surface area contributed by atoms with E-state index < -0.39 is 0 Å². The molecule has 1 heterocycles. The highest BCUT2D eigenvalue weighted by Gasteiger charge is 2.24. The van der Waals surface area contributed by atoms with Crippen molar-refractivity contribution in [3.05, 3.63) is 0 Å². The molecular formula is C10H21NO3. The van der Waals surface area contributed by atoms with Crippen LogP contribution < -0.4 is 0 Å². The molecule has 0 aromatic heterocycles. The van der Waals surface area contributed by atoms with E-state index in [1.807, 2.05) is 0 Å². The Labute approximate surface area is 85.5 Å². The Balaban J connectivity index is 2.25. The number of hydrogen-bond acceptors (Lipinski definition) is 4. The molecule has 2 unspecified atom stereocenters. The molecule has 2 atom stereocenters. The molecule has 0 bridgehead atoms. The lowest BCUT2D eigenvalue weighted by Crippen LogP contribution is -2.49. The van der Waals surface area contributed by atoms with Gasteiger partial charge in [-0.25, -0.2) is 0 Å². The van der Waals surface area contributed by atoms with Gasteiger partial charge in [-0.05, 0) is 26.3 Å². The first-order valence-electron chi connectivity index (χ1n) is 5.35. The van der Waals surface area contributed by atoms with Crippen molar-refractivity contribution >= 4 is 0 Å². The van der Waals surface area contributed by atoms with Crippen molar-refractivity contribution in [3.8, 4) is 0 Å². The molecule has 0 aromatic carbocycles. The SMILES string of the molecule is CC1COC(CO)CN1CCCCO. The van der Waals surface area contributed by atoms with Crippen LogP contribution in [0.1, 0.15) is 19.8 Å². The lowest BCUT2D eigenvalue weighted by molar-refractivity contribution is -0.0781. The molecule has 4 nitrogen and oxygen atoms in total. The number of nitrogens with zero attached hydrogens (tertiary/aromatic N) is 1. The second-order valence-corrected chi connectivity index (χ2v) is 3.91. The van der Waals surface area contributed by atoms with E-state index in [1.165, 1.54) is 0 Å². The first-order chi connectivity index (χ1) is 6.77. The summed E-state index contributed by atoms with van der Waals surface area (Å²) in [6.45, 7) is 4.99. The zero-order chi connectivity index (χ0) is 10.4.